The Balaban J connectivity index is 2.89. The van der Waals surface area contributed by atoms with Crippen LogP contribution in [0.4, 0.5) is 4.39 Å². The maximum absolute atomic E-state index is 13.0. The van der Waals surface area contributed by atoms with Crippen molar-refractivity contribution in [3.8, 4) is 5.75 Å². The number of ether oxygens (including phenoxy) is 2. The van der Waals surface area contributed by atoms with Gasteiger partial charge in [-0.3, -0.25) is 0 Å². The van der Waals surface area contributed by atoms with E-state index in [9.17, 15) is 4.39 Å². The summed E-state index contributed by atoms with van der Waals surface area (Å²) in [7, 11) is 1.56. The van der Waals surface area contributed by atoms with Gasteiger partial charge in [-0.25, -0.2) is 4.39 Å². The standard InChI is InChI=1S/C11H14FNO3/c1-8(13-14)10-7-9(12)3-4-11(10)16-6-5-15-2/h3-4,7,14H,5-6H2,1-2H3. The molecule has 1 aromatic rings. The van der Waals surface area contributed by atoms with Crippen molar-refractivity contribution in [1.82, 2.24) is 0 Å². The van der Waals surface area contributed by atoms with Crippen LogP contribution in [0.1, 0.15) is 12.5 Å². The van der Waals surface area contributed by atoms with Gasteiger partial charge in [-0.2, -0.15) is 0 Å². The summed E-state index contributed by atoms with van der Waals surface area (Å²) < 4.78 is 23.2. The Bertz CT molecular complexity index is 379. The van der Waals surface area contributed by atoms with Crippen LogP contribution in [0.3, 0.4) is 0 Å². The zero-order chi connectivity index (χ0) is 12.0. The van der Waals surface area contributed by atoms with Crippen molar-refractivity contribution < 1.29 is 19.1 Å². The number of oxime groups is 1. The van der Waals surface area contributed by atoms with E-state index in [0.29, 0.717) is 30.2 Å². The first-order valence-electron chi connectivity index (χ1n) is 4.79. The van der Waals surface area contributed by atoms with E-state index in [0.717, 1.165) is 0 Å². The summed E-state index contributed by atoms with van der Waals surface area (Å²) in [5.74, 6) is 0.0610. The molecule has 0 bridgehead atoms. The molecule has 16 heavy (non-hydrogen) atoms. The molecule has 0 heterocycles. The van der Waals surface area contributed by atoms with E-state index in [1.165, 1.54) is 18.2 Å². The summed E-state index contributed by atoms with van der Waals surface area (Å²) in [4.78, 5) is 0. The molecule has 88 valence electrons. The number of rotatable bonds is 5. The molecule has 0 atom stereocenters. The third-order valence-electron chi connectivity index (χ3n) is 2.03. The number of methoxy groups -OCH3 is 1. The Labute approximate surface area is 93.3 Å². The smallest absolute Gasteiger partial charge is 0.128 e. The SMILES string of the molecule is COCCOc1ccc(F)cc1C(C)=NO. The second kappa shape index (κ2) is 6.07. The van der Waals surface area contributed by atoms with Crippen LogP contribution in [0.2, 0.25) is 0 Å². The van der Waals surface area contributed by atoms with Crippen LogP contribution in [0.25, 0.3) is 0 Å². The fourth-order valence-corrected chi connectivity index (χ4v) is 1.20. The van der Waals surface area contributed by atoms with Gasteiger partial charge in [0.15, 0.2) is 0 Å². The van der Waals surface area contributed by atoms with E-state index in [1.807, 2.05) is 0 Å². The molecule has 5 heteroatoms. The van der Waals surface area contributed by atoms with Crippen molar-refractivity contribution in [3.63, 3.8) is 0 Å². The predicted molar refractivity (Wildman–Crippen MR) is 57.8 cm³/mol. The molecule has 0 saturated heterocycles. The number of halogens is 1. The van der Waals surface area contributed by atoms with Crippen molar-refractivity contribution in [3.05, 3.63) is 29.6 Å². The maximum Gasteiger partial charge on any atom is 0.128 e. The second-order valence-electron chi connectivity index (χ2n) is 3.17. The molecule has 4 nitrogen and oxygen atoms in total. The van der Waals surface area contributed by atoms with Gasteiger partial charge < -0.3 is 14.7 Å². The predicted octanol–water partition coefficient (Wildman–Crippen LogP) is 2.05. The van der Waals surface area contributed by atoms with E-state index in [4.69, 9.17) is 14.7 Å². The number of benzene rings is 1. The van der Waals surface area contributed by atoms with Gasteiger partial charge in [0, 0.05) is 12.7 Å². The van der Waals surface area contributed by atoms with Gasteiger partial charge in [0.25, 0.3) is 0 Å². The molecule has 1 rings (SSSR count). The van der Waals surface area contributed by atoms with Gasteiger partial charge in [-0.05, 0) is 25.1 Å². The largest absolute Gasteiger partial charge is 0.490 e. The molecule has 0 aliphatic rings. The van der Waals surface area contributed by atoms with Crippen molar-refractivity contribution in [2.45, 2.75) is 6.92 Å². The summed E-state index contributed by atoms with van der Waals surface area (Å²) in [6, 6.07) is 4.04. The number of hydrogen-bond donors (Lipinski definition) is 1. The summed E-state index contributed by atoms with van der Waals surface area (Å²) in [5, 5.41) is 11.7. The van der Waals surface area contributed by atoms with Crippen molar-refractivity contribution >= 4 is 5.71 Å². The lowest BCUT2D eigenvalue weighted by atomic mass is 10.1. The first-order chi connectivity index (χ1) is 7.69. The van der Waals surface area contributed by atoms with Crippen molar-refractivity contribution in [2.75, 3.05) is 20.3 Å². The monoisotopic (exact) mass is 227 g/mol. The highest BCUT2D eigenvalue weighted by Gasteiger charge is 2.08. The maximum atomic E-state index is 13.0. The lowest BCUT2D eigenvalue weighted by Gasteiger charge is -2.10. The Morgan fingerprint density at radius 1 is 1.44 bits per heavy atom. The van der Waals surface area contributed by atoms with Crippen LogP contribution in [0, 0.1) is 5.82 Å². The summed E-state index contributed by atoms with van der Waals surface area (Å²) in [5.41, 5.74) is 0.727. The molecule has 0 aliphatic heterocycles. The molecule has 0 radical (unpaired) electrons. The summed E-state index contributed by atoms with van der Waals surface area (Å²) in [6.45, 7) is 2.36. The number of hydrogen-bond acceptors (Lipinski definition) is 4. The Kier molecular flexibility index (Phi) is 4.72. The third kappa shape index (κ3) is 3.20. The fraction of sp³-hybridized carbons (Fsp3) is 0.364. The molecule has 1 N–H and O–H groups in total. The van der Waals surface area contributed by atoms with Crippen LogP contribution < -0.4 is 4.74 Å². The van der Waals surface area contributed by atoms with Crippen LogP contribution in [0.5, 0.6) is 5.75 Å². The zero-order valence-electron chi connectivity index (χ0n) is 9.24. The van der Waals surface area contributed by atoms with Crippen LogP contribution in [-0.2, 0) is 4.74 Å². The van der Waals surface area contributed by atoms with Crippen molar-refractivity contribution in [1.29, 1.82) is 0 Å². The van der Waals surface area contributed by atoms with E-state index >= 15 is 0 Å². The van der Waals surface area contributed by atoms with Gasteiger partial charge >= 0.3 is 0 Å². The molecular weight excluding hydrogens is 213 g/mol. The Hall–Kier alpha value is -1.62. The molecule has 0 fully saturated rings. The quantitative estimate of drug-likeness (QED) is 0.362. The van der Waals surface area contributed by atoms with E-state index < -0.39 is 5.82 Å². The van der Waals surface area contributed by atoms with Gasteiger partial charge in [-0.15, -0.1) is 0 Å². The third-order valence-corrected chi connectivity index (χ3v) is 2.03. The molecule has 0 saturated carbocycles. The highest BCUT2D eigenvalue weighted by molar-refractivity contribution is 6.00. The van der Waals surface area contributed by atoms with E-state index in [1.54, 1.807) is 14.0 Å². The average Bonchev–Trinajstić information content (AvgIpc) is 2.30. The topological polar surface area (TPSA) is 51.0 Å². The average molecular weight is 227 g/mol. The zero-order valence-corrected chi connectivity index (χ0v) is 9.24. The minimum Gasteiger partial charge on any atom is -0.490 e. The highest BCUT2D eigenvalue weighted by atomic mass is 19.1. The van der Waals surface area contributed by atoms with Crippen LogP contribution in [-0.4, -0.2) is 31.2 Å². The molecule has 0 aliphatic carbocycles. The molecular formula is C11H14FNO3. The van der Waals surface area contributed by atoms with E-state index in [-0.39, 0.29) is 0 Å². The lowest BCUT2D eigenvalue weighted by Crippen LogP contribution is -2.08. The molecule has 0 spiro atoms. The normalized spacial score (nSPS) is 11.6. The lowest BCUT2D eigenvalue weighted by molar-refractivity contribution is 0.146. The summed E-state index contributed by atoms with van der Waals surface area (Å²) >= 11 is 0. The second-order valence-corrected chi connectivity index (χ2v) is 3.17. The van der Waals surface area contributed by atoms with Crippen LogP contribution >= 0.6 is 0 Å². The Morgan fingerprint density at radius 3 is 2.81 bits per heavy atom. The summed E-state index contributed by atoms with van der Waals surface area (Å²) in [6.07, 6.45) is 0. The molecule has 1 aromatic carbocycles. The first kappa shape index (κ1) is 12.4. The van der Waals surface area contributed by atoms with Gasteiger partial charge in [-0.1, -0.05) is 5.16 Å². The van der Waals surface area contributed by atoms with Gasteiger partial charge in [0.05, 0.1) is 12.3 Å². The van der Waals surface area contributed by atoms with Crippen LogP contribution in [0.15, 0.2) is 23.4 Å². The van der Waals surface area contributed by atoms with E-state index in [2.05, 4.69) is 5.16 Å². The Morgan fingerprint density at radius 2 is 2.19 bits per heavy atom. The highest BCUT2D eigenvalue weighted by Crippen LogP contribution is 2.20. The van der Waals surface area contributed by atoms with Gasteiger partial charge in [0.2, 0.25) is 0 Å². The number of nitrogens with zero attached hydrogens (tertiary/aromatic N) is 1. The van der Waals surface area contributed by atoms with Crippen molar-refractivity contribution in [2.24, 2.45) is 5.16 Å². The fourth-order valence-electron chi connectivity index (χ4n) is 1.20. The minimum atomic E-state index is -0.405. The minimum absolute atomic E-state index is 0.298. The molecule has 0 amide bonds. The molecule has 0 unspecified atom stereocenters. The van der Waals surface area contributed by atoms with Gasteiger partial charge in [0.1, 0.15) is 18.2 Å². The molecule has 0 aromatic heterocycles. The first-order valence-corrected chi connectivity index (χ1v) is 4.79.